The third-order valence-corrected chi connectivity index (χ3v) is 3.48. The highest BCUT2D eigenvalue weighted by Gasteiger charge is 2.35. The zero-order valence-corrected chi connectivity index (χ0v) is 10.4. The highest BCUT2D eigenvalue weighted by molar-refractivity contribution is 5.14. The Kier molecular flexibility index (Phi) is 3.33. The lowest BCUT2D eigenvalue weighted by Gasteiger charge is -2.38. The minimum Gasteiger partial charge on any atom is -0.381 e. The average molecular weight is 223 g/mol. The molecule has 1 aromatic rings. The van der Waals surface area contributed by atoms with Crippen LogP contribution in [-0.4, -0.2) is 18.4 Å². The second-order valence-electron chi connectivity index (χ2n) is 5.75. The molecule has 2 rings (SSSR count). The van der Waals surface area contributed by atoms with Gasteiger partial charge in [-0.15, -0.1) is 0 Å². The molecule has 1 aliphatic rings. The predicted molar refractivity (Wildman–Crippen MR) is 62.2 cm³/mol. The zero-order chi connectivity index (χ0) is 11.6. The molecule has 90 valence electrons. The van der Waals surface area contributed by atoms with Crippen molar-refractivity contribution in [3.8, 4) is 0 Å². The van der Waals surface area contributed by atoms with E-state index in [4.69, 9.17) is 9.26 Å². The summed E-state index contributed by atoms with van der Waals surface area (Å²) in [4.78, 5) is 0. The molecule has 3 heteroatoms. The predicted octanol–water partition coefficient (Wildman–Crippen LogP) is 3.23. The first kappa shape index (κ1) is 11.6. The normalized spacial score (nSPS) is 20.9. The van der Waals surface area contributed by atoms with Crippen LogP contribution in [0.4, 0.5) is 0 Å². The van der Waals surface area contributed by atoms with Crippen LogP contribution in [0.2, 0.25) is 0 Å². The van der Waals surface area contributed by atoms with Gasteiger partial charge in [-0.05, 0) is 30.1 Å². The Morgan fingerprint density at radius 3 is 2.50 bits per heavy atom. The molecule has 0 bridgehead atoms. The summed E-state index contributed by atoms with van der Waals surface area (Å²) in [6, 6.07) is 0. The summed E-state index contributed by atoms with van der Waals surface area (Å²) in [7, 11) is 0. The van der Waals surface area contributed by atoms with Crippen LogP contribution >= 0.6 is 0 Å². The van der Waals surface area contributed by atoms with E-state index in [-0.39, 0.29) is 5.41 Å². The fourth-order valence-corrected chi connectivity index (χ4v) is 2.90. The summed E-state index contributed by atoms with van der Waals surface area (Å²) in [5, 5.41) is 3.85. The SMILES string of the molecule is CC(C)(C)C(c1cnoc1)C1CCOCC1. The molecule has 1 aliphatic heterocycles. The third-order valence-electron chi connectivity index (χ3n) is 3.48. The van der Waals surface area contributed by atoms with Gasteiger partial charge >= 0.3 is 0 Å². The van der Waals surface area contributed by atoms with Crippen molar-refractivity contribution in [2.75, 3.05) is 13.2 Å². The van der Waals surface area contributed by atoms with Crippen molar-refractivity contribution in [2.45, 2.75) is 39.5 Å². The largest absolute Gasteiger partial charge is 0.381 e. The van der Waals surface area contributed by atoms with E-state index >= 15 is 0 Å². The average Bonchev–Trinajstić information content (AvgIpc) is 2.71. The molecule has 3 nitrogen and oxygen atoms in total. The van der Waals surface area contributed by atoms with E-state index in [0.717, 1.165) is 26.1 Å². The maximum absolute atomic E-state index is 5.44. The lowest BCUT2D eigenvalue weighted by Crippen LogP contribution is -2.30. The van der Waals surface area contributed by atoms with Crippen molar-refractivity contribution in [1.82, 2.24) is 5.16 Å². The molecule has 0 aliphatic carbocycles. The summed E-state index contributed by atoms with van der Waals surface area (Å²) in [6.45, 7) is 8.66. The maximum Gasteiger partial charge on any atom is 0.127 e. The van der Waals surface area contributed by atoms with Crippen LogP contribution in [0.3, 0.4) is 0 Å². The summed E-state index contributed by atoms with van der Waals surface area (Å²) < 4.78 is 10.4. The van der Waals surface area contributed by atoms with Crippen molar-refractivity contribution in [3.63, 3.8) is 0 Å². The Morgan fingerprint density at radius 1 is 1.31 bits per heavy atom. The molecule has 0 saturated carbocycles. The van der Waals surface area contributed by atoms with Gasteiger partial charge in [0.1, 0.15) is 6.26 Å². The van der Waals surface area contributed by atoms with Gasteiger partial charge in [-0.3, -0.25) is 0 Å². The van der Waals surface area contributed by atoms with Crippen LogP contribution < -0.4 is 0 Å². The highest BCUT2D eigenvalue weighted by atomic mass is 16.5. The van der Waals surface area contributed by atoms with Gasteiger partial charge in [0.05, 0.1) is 6.20 Å². The monoisotopic (exact) mass is 223 g/mol. The minimum atomic E-state index is 0.244. The zero-order valence-electron chi connectivity index (χ0n) is 10.4. The molecule has 1 fully saturated rings. The van der Waals surface area contributed by atoms with Crippen molar-refractivity contribution < 1.29 is 9.26 Å². The second kappa shape index (κ2) is 4.58. The van der Waals surface area contributed by atoms with Crippen molar-refractivity contribution >= 4 is 0 Å². The lowest BCUT2D eigenvalue weighted by atomic mass is 9.68. The topological polar surface area (TPSA) is 35.3 Å². The summed E-state index contributed by atoms with van der Waals surface area (Å²) in [5.41, 5.74) is 1.48. The van der Waals surface area contributed by atoms with Gasteiger partial charge in [0.15, 0.2) is 0 Å². The van der Waals surface area contributed by atoms with Gasteiger partial charge in [0, 0.05) is 18.8 Å². The molecule has 1 aromatic heterocycles. The first-order valence-corrected chi connectivity index (χ1v) is 6.06. The van der Waals surface area contributed by atoms with E-state index in [0.29, 0.717) is 11.8 Å². The van der Waals surface area contributed by atoms with E-state index in [1.807, 2.05) is 6.20 Å². The van der Waals surface area contributed by atoms with Crippen LogP contribution in [0.5, 0.6) is 0 Å². The number of rotatable bonds is 2. The number of nitrogens with zero attached hydrogens (tertiary/aromatic N) is 1. The lowest BCUT2D eigenvalue weighted by molar-refractivity contribution is 0.0418. The van der Waals surface area contributed by atoms with Crippen LogP contribution in [-0.2, 0) is 4.74 Å². The molecule has 0 amide bonds. The van der Waals surface area contributed by atoms with Crippen LogP contribution in [0.25, 0.3) is 0 Å². The van der Waals surface area contributed by atoms with Gasteiger partial charge < -0.3 is 9.26 Å². The van der Waals surface area contributed by atoms with Crippen molar-refractivity contribution in [3.05, 3.63) is 18.0 Å². The second-order valence-corrected chi connectivity index (χ2v) is 5.75. The number of hydrogen-bond donors (Lipinski definition) is 0. The molecule has 2 heterocycles. The van der Waals surface area contributed by atoms with E-state index < -0.39 is 0 Å². The van der Waals surface area contributed by atoms with E-state index in [9.17, 15) is 0 Å². The molecule has 16 heavy (non-hydrogen) atoms. The fraction of sp³-hybridized carbons (Fsp3) is 0.769. The fourth-order valence-electron chi connectivity index (χ4n) is 2.90. The molecule has 0 N–H and O–H groups in total. The van der Waals surface area contributed by atoms with Gasteiger partial charge in [0.25, 0.3) is 0 Å². The first-order chi connectivity index (χ1) is 7.59. The molecular formula is C13H21NO2. The maximum atomic E-state index is 5.44. The molecule has 1 unspecified atom stereocenters. The van der Waals surface area contributed by atoms with Crippen molar-refractivity contribution in [1.29, 1.82) is 0 Å². The minimum absolute atomic E-state index is 0.244. The van der Waals surface area contributed by atoms with Crippen LogP contribution in [0, 0.1) is 11.3 Å². The summed E-state index contributed by atoms with van der Waals surface area (Å²) in [6.07, 6.45) is 5.96. The standard InChI is InChI=1S/C13H21NO2/c1-13(2,3)12(11-8-14-16-9-11)10-4-6-15-7-5-10/h8-10,12H,4-7H2,1-3H3. The molecule has 0 spiro atoms. The van der Waals surface area contributed by atoms with E-state index in [2.05, 4.69) is 25.9 Å². The van der Waals surface area contributed by atoms with Crippen LogP contribution in [0.15, 0.2) is 17.0 Å². The number of aromatic nitrogens is 1. The van der Waals surface area contributed by atoms with E-state index in [1.165, 1.54) is 5.56 Å². The Labute approximate surface area is 97.2 Å². The molecular weight excluding hydrogens is 202 g/mol. The van der Waals surface area contributed by atoms with Crippen molar-refractivity contribution in [2.24, 2.45) is 11.3 Å². The summed E-state index contributed by atoms with van der Waals surface area (Å²) >= 11 is 0. The first-order valence-electron chi connectivity index (χ1n) is 6.06. The molecule has 0 aromatic carbocycles. The Hall–Kier alpha value is -0.830. The Balaban J connectivity index is 2.21. The Morgan fingerprint density at radius 2 is 2.00 bits per heavy atom. The third kappa shape index (κ3) is 2.46. The number of hydrogen-bond acceptors (Lipinski definition) is 3. The van der Waals surface area contributed by atoms with E-state index in [1.54, 1.807) is 6.26 Å². The summed E-state index contributed by atoms with van der Waals surface area (Å²) in [5.74, 6) is 1.20. The quantitative estimate of drug-likeness (QED) is 0.772. The van der Waals surface area contributed by atoms with Gasteiger partial charge in [0.2, 0.25) is 0 Å². The van der Waals surface area contributed by atoms with Gasteiger partial charge in [-0.25, -0.2) is 0 Å². The molecule has 1 saturated heterocycles. The molecule has 0 radical (unpaired) electrons. The van der Waals surface area contributed by atoms with Crippen LogP contribution in [0.1, 0.15) is 45.1 Å². The van der Waals surface area contributed by atoms with Gasteiger partial charge in [-0.2, -0.15) is 0 Å². The van der Waals surface area contributed by atoms with Gasteiger partial charge in [-0.1, -0.05) is 25.9 Å². The number of ether oxygens (including phenoxy) is 1. The Bertz CT molecular complexity index is 307. The smallest absolute Gasteiger partial charge is 0.127 e. The highest BCUT2D eigenvalue weighted by Crippen LogP contribution is 2.44. The molecule has 1 atom stereocenters.